The molecule has 2 atom stereocenters. The molecule has 1 aliphatic heterocycles. The second kappa shape index (κ2) is 5.03. The molecule has 3 nitrogen and oxygen atoms in total. The third-order valence-corrected chi connectivity index (χ3v) is 3.84. The van der Waals surface area contributed by atoms with Gasteiger partial charge in [-0.15, -0.1) is 0 Å². The third kappa shape index (κ3) is 3.72. The van der Waals surface area contributed by atoms with Gasteiger partial charge in [-0.25, -0.2) is 0 Å². The smallest absolute Gasteiger partial charge is 0.0758 e. The monoisotopic (exact) mass is 228 g/mol. The Kier molecular flexibility index (Phi) is 4.38. The van der Waals surface area contributed by atoms with Gasteiger partial charge in [0.05, 0.1) is 5.60 Å². The maximum atomic E-state index is 9.95. The first-order chi connectivity index (χ1) is 7.27. The fourth-order valence-corrected chi connectivity index (χ4v) is 2.47. The topological polar surface area (TPSA) is 35.5 Å². The highest BCUT2D eigenvalue weighted by atomic mass is 16.3. The molecule has 0 amide bonds. The van der Waals surface area contributed by atoms with Crippen LogP contribution in [-0.2, 0) is 0 Å². The highest BCUT2D eigenvalue weighted by molar-refractivity contribution is 4.91. The average Bonchev–Trinajstić information content (AvgIpc) is 2.45. The number of nitrogens with zero attached hydrogens (tertiary/aromatic N) is 1. The molecular formula is C13H28N2O. The minimum absolute atomic E-state index is 0.246. The molecule has 2 N–H and O–H groups in total. The van der Waals surface area contributed by atoms with E-state index < -0.39 is 5.60 Å². The molecule has 0 saturated carbocycles. The lowest BCUT2D eigenvalue weighted by Crippen LogP contribution is -2.46. The van der Waals surface area contributed by atoms with Crippen molar-refractivity contribution in [1.29, 1.82) is 0 Å². The summed E-state index contributed by atoms with van der Waals surface area (Å²) in [6, 6.07) is 0.503. The van der Waals surface area contributed by atoms with Gasteiger partial charge in [-0.1, -0.05) is 20.8 Å². The number of hydrogen-bond donors (Lipinski definition) is 2. The molecule has 0 spiro atoms. The van der Waals surface area contributed by atoms with Crippen LogP contribution in [0.1, 0.15) is 41.0 Å². The predicted octanol–water partition coefficient (Wildman–Crippen LogP) is 1.47. The second-order valence-corrected chi connectivity index (χ2v) is 6.23. The van der Waals surface area contributed by atoms with Gasteiger partial charge in [0, 0.05) is 25.7 Å². The van der Waals surface area contributed by atoms with Crippen molar-refractivity contribution in [3.63, 3.8) is 0 Å². The Labute approximate surface area is 100 Å². The van der Waals surface area contributed by atoms with E-state index in [1.807, 2.05) is 6.92 Å². The molecule has 0 aromatic rings. The van der Waals surface area contributed by atoms with Gasteiger partial charge in [-0.2, -0.15) is 0 Å². The summed E-state index contributed by atoms with van der Waals surface area (Å²) in [5.41, 5.74) is -0.228. The molecule has 0 aliphatic carbocycles. The lowest BCUT2D eigenvalue weighted by molar-refractivity contribution is 0.0604. The zero-order chi connectivity index (χ0) is 12.4. The quantitative estimate of drug-likeness (QED) is 0.748. The fraction of sp³-hybridized carbons (Fsp3) is 1.00. The van der Waals surface area contributed by atoms with E-state index >= 15 is 0 Å². The summed E-state index contributed by atoms with van der Waals surface area (Å²) < 4.78 is 0. The SMILES string of the molecule is CCNC(C)C(C)(C)CN1CCC(C)(O)C1. The molecule has 16 heavy (non-hydrogen) atoms. The van der Waals surface area contributed by atoms with E-state index in [1.54, 1.807) is 0 Å². The van der Waals surface area contributed by atoms with Crippen LogP contribution in [-0.4, -0.2) is 47.8 Å². The molecule has 1 aliphatic rings. The number of rotatable bonds is 5. The molecule has 1 heterocycles. The van der Waals surface area contributed by atoms with Gasteiger partial charge in [0.15, 0.2) is 0 Å². The zero-order valence-corrected chi connectivity index (χ0v) is 11.5. The van der Waals surface area contributed by atoms with Crippen molar-refractivity contribution < 1.29 is 5.11 Å². The highest BCUT2D eigenvalue weighted by Gasteiger charge is 2.35. The first-order valence-corrected chi connectivity index (χ1v) is 6.45. The van der Waals surface area contributed by atoms with Crippen LogP contribution in [0, 0.1) is 5.41 Å². The normalized spacial score (nSPS) is 29.6. The van der Waals surface area contributed by atoms with E-state index in [4.69, 9.17) is 0 Å². The van der Waals surface area contributed by atoms with Gasteiger partial charge in [-0.05, 0) is 32.2 Å². The summed E-state index contributed by atoms with van der Waals surface area (Å²) in [6.45, 7) is 14.8. The van der Waals surface area contributed by atoms with Crippen LogP contribution in [0.15, 0.2) is 0 Å². The van der Waals surface area contributed by atoms with Crippen molar-refractivity contribution in [2.24, 2.45) is 5.41 Å². The summed E-state index contributed by atoms with van der Waals surface area (Å²) in [5, 5.41) is 13.4. The van der Waals surface area contributed by atoms with Gasteiger partial charge in [0.1, 0.15) is 0 Å². The van der Waals surface area contributed by atoms with E-state index in [9.17, 15) is 5.11 Å². The van der Waals surface area contributed by atoms with Gasteiger partial charge in [0.2, 0.25) is 0 Å². The van der Waals surface area contributed by atoms with Crippen molar-refractivity contribution in [1.82, 2.24) is 10.2 Å². The molecule has 96 valence electrons. The Morgan fingerprint density at radius 1 is 1.50 bits per heavy atom. The van der Waals surface area contributed by atoms with Crippen molar-refractivity contribution in [3.8, 4) is 0 Å². The Morgan fingerprint density at radius 2 is 2.12 bits per heavy atom. The van der Waals surface area contributed by atoms with Crippen molar-refractivity contribution in [2.75, 3.05) is 26.2 Å². The minimum Gasteiger partial charge on any atom is -0.389 e. The Bertz CT molecular complexity index is 226. The van der Waals surface area contributed by atoms with E-state index in [0.717, 1.165) is 32.6 Å². The number of β-amino-alcohol motifs (C(OH)–C–C–N with tert-alkyl or cyclic N) is 1. The van der Waals surface area contributed by atoms with Gasteiger partial charge >= 0.3 is 0 Å². The average molecular weight is 228 g/mol. The van der Waals surface area contributed by atoms with E-state index in [-0.39, 0.29) is 5.41 Å². The highest BCUT2D eigenvalue weighted by Crippen LogP contribution is 2.27. The van der Waals surface area contributed by atoms with Crippen LogP contribution in [0.3, 0.4) is 0 Å². The summed E-state index contributed by atoms with van der Waals surface area (Å²) in [7, 11) is 0. The first kappa shape index (κ1) is 13.9. The number of aliphatic hydroxyl groups is 1. The predicted molar refractivity (Wildman–Crippen MR) is 68.6 cm³/mol. The van der Waals surface area contributed by atoms with E-state index in [2.05, 4.69) is 37.9 Å². The molecule has 2 unspecified atom stereocenters. The number of likely N-dealkylation sites (tertiary alicyclic amines) is 1. The largest absolute Gasteiger partial charge is 0.389 e. The van der Waals surface area contributed by atoms with Crippen molar-refractivity contribution in [3.05, 3.63) is 0 Å². The molecule has 1 fully saturated rings. The van der Waals surface area contributed by atoms with E-state index in [0.29, 0.717) is 6.04 Å². The molecule has 0 radical (unpaired) electrons. The molecule has 0 aromatic heterocycles. The molecule has 3 heteroatoms. The van der Waals surface area contributed by atoms with Crippen molar-refractivity contribution in [2.45, 2.75) is 52.7 Å². The molecule has 0 bridgehead atoms. The summed E-state index contributed by atoms with van der Waals surface area (Å²) in [4.78, 5) is 2.38. The Balaban J connectivity index is 2.47. The number of nitrogens with one attached hydrogen (secondary N) is 1. The molecule has 0 aromatic carbocycles. The maximum absolute atomic E-state index is 9.95. The van der Waals surface area contributed by atoms with Crippen molar-refractivity contribution >= 4 is 0 Å². The van der Waals surface area contributed by atoms with Crippen LogP contribution >= 0.6 is 0 Å². The van der Waals surface area contributed by atoms with Crippen LogP contribution in [0.5, 0.6) is 0 Å². The summed E-state index contributed by atoms with van der Waals surface area (Å²) in [5.74, 6) is 0. The lowest BCUT2D eigenvalue weighted by Gasteiger charge is -2.36. The minimum atomic E-state index is -0.475. The second-order valence-electron chi connectivity index (χ2n) is 6.23. The van der Waals surface area contributed by atoms with E-state index in [1.165, 1.54) is 0 Å². The summed E-state index contributed by atoms with van der Waals surface area (Å²) >= 11 is 0. The van der Waals surface area contributed by atoms with Crippen LogP contribution in [0.25, 0.3) is 0 Å². The molecule has 1 rings (SSSR count). The van der Waals surface area contributed by atoms with Crippen LogP contribution in [0.4, 0.5) is 0 Å². The number of hydrogen-bond acceptors (Lipinski definition) is 3. The zero-order valence-electron chi connectivity index (χ0n) is 11.5. The van der Waals surface area contributed by atoms with Gasteiger partial charge in [0.25, 0.3) is 0 Å². The lowest BCUT2D eigenvalue weighted by atomic mass is 9.84. The van der Waals surface area contributed by atoms with Gasteiger partial charge in [-0.3, -0.25) is 4.90 Å². The third-order valence-electron chi connectivity index (χ3n) is 3.84. The Hall–Kier alpha value is -0.120. The van der Waals surface area contributed by atoms with Crippen LogP contribution in [0.2, 0.25) is 0 Å². The Morgan fingerprint density at radius 3 is 2.56 bits per heavy atom. The standard InChI is InChI=1S/C13H28N2O/c1-6-14-11(2)12(3,4)9-15-8-7-13(5,16)10-15/h11,14,16H,6-10H2,1-5H3. The van der Waals surface area contributed by atoms with Gasteiger partial charge < -0.3 is 10.4 Å². The van der Waals surface area contributed by atoms with Crippen LogP contribution < -0.4 is 5.32 Å². The summed E-state index contributed by atoms with van der Waals surface area (Å²) in [6.07, 6.45) is 0.901. The fourth-order valence-electron chi connectivity index (χ4n) is 2.47. The molecular weight excluding hydrogens is 200 g/mol. The molecule has 1 saturated heterocycles. The maximum Gasteiger partial charge on any atom is 0.0758 e. The first-order valence-electron chi connectivity index (χ1n) is 6.45.